The van der Waals surface area contributed by atoms with Gasteiger partial charge in [0.1, 0.15) is 13.1 Å². The maximum Gasteiger partial charge on any atom is 0.327 e. The Morgan fingerprint density at radius 2 is 2.09 bits per heavy atom. The van der Waals surface area contributed by atoms with E-state index in [1.807, 2.05) is 0 Å². The normalized spacial score (nSPS) is 17.6. The SMILES string of the molecule is CN1CC(=O)N(CC(=O)NCCc2nc3c(s2)CCCC3)C1=O. The first-order valence-electron chi connectivity index (χ1n) is 7.84. The van der Waals surface area contributed by atoms with Crippen LogP contribution in [0.1, 0.15) is 28.4 Å². The van der Waals surface area contributed by atoms with Crippen molar-refractivity contribution < 1.29 is 14.4 Å². The van der Waals surface area contributed by atoms with E-state index in [1.54, 1.807) is 18.4 Å². The highest BCUT2D eigenvalue weighted by Gasteiger charge is 2.34. The van der Waals surface area contributed by atoms with E-state index < -0.39 is 6.03 Å². The van der Waals surface area contributed by atoms with E-state index in [0.29, 0.717) is 13.0 Å². The number of amides is 4. The molecular weight excluding hydrogens is 316 g/mol. The Morgan fingerprint density at radius 1 is 1.30 bits per heavy atom. The Morgan fingerprint density at radius 3 is 2.78 bits per heavy atom. The van der Waals surface area contributed by atoms with Crippen molar-refractivity contribution in [2.24, 2.45) is 0 Å². The third-order valence-electron chi connectivity index (χ3n) is 4.08. The highest BCUT2D eigenvalue weighted by molar-refractivity contribution is 7.11. The number of aromatic nitrogens is 1. The van der Waals surface area contributed by atoms with Gasteiger partial charge in [0.2, 0.25) is 5.91 Å². The standard InChI is InChI=1S/C15H20N4O3S/c1-18-9-14(21)19(15(18)22)8-12(20)16-7-6-13-17-10-4-2-3-5-11(10)23-13/h2-9H2,1H3,(H,16,20). The first-order chi connectivity index (χ1) is 11.0. The molecule has 1 aromatic rings. The number of urea groups is 1. The van der Waals surface area contributed by atoms with E-state index in [0.717, 1.165) is 22.7 Å². The van der Waals surface area contributed by atoms with E-state index in [2.05, 4.69) is 10.3 Å². The Bertz CT molecular complexity index is 619. The third kappa shape index (κ3) is 3.52. The molecule has 1 N–H and O–H groups in total. The van der Waals surface area contributed by atoms with Crippen molar-refractivity contribution in [3.8, 4) is 0 Å². The van der Waals surface area contributed by atoms with Gasteiger partial charge in [-0.05, 0) is 25.7 Å². The number of nitrogens with zero attached hydrogens (tertiary/aromatic N) is 3. The van der Waals surface area contributed by atoms with Crippen LogP contribution < -0.4 is 5.32 Å². The van der Waals surface area contributed by atoms with E-state index >= 15 is 0 Å². The molecule has 0 saturated carbocycles. The third-order valence-corrected chi connectivity index (χ3v) is 5.30. The van der Waals surface area contributed by atoms with Crippen LogP contribution in [0.15, 0.2) is 0 Å². The second-order valence-electron chi connectivity index (χ2n) is 5.90. The number of carbonyl (C=O) groups excluding carboxylic acids is 3. The fraction of sp³-hybridized carbons (Fsp3) is 0.600. The van der Waals surface area contributed by atoms with E-state index in [-0.39, 0.29) is 24.9 Å². The summed E-state index contributed by atoms with van der Waals surface area (Å²) in [5.41, 5.74) is 1.22. The first-order valence-corrected chi connectivity index (χ1v) is 8.66. The minimum atomic E-state index is -0.419. The van der Waals surface area contributed by atoms with Crippen LogP contribution in [0.2, 0.25) is 0 Å². The lowest BCUT2D eigenvalue weighted by Gasteiger charge is -2.13. The van der Waals surface area contributed by atoms with Crippen LogP contribution in [0, 0.1) is 0 Å². The number of likely N-dealkylation sites (N-methyl/N-ethyl adjacent to an activating group) is 1. The summed E-state index contributed by atoms with van der Waals surface area (Å²) in [7, 11) is 1.54. The Kier molecular flexibility index (Phi) is 4.61. The van der Waals surface area contributed by atoms with Gasteiger partial charge < -0.3 is 10.2 Å². The molecule has 0 unspecified atom stereocenters. The molecule has 23 heavy (non-hydrogen) atoms. The van der Waals surface area contributed by atoms with Crippen molar-refractivity contribution in [3.05, 3.63) is 15.6 Å². The summed E-state index contributed by atoms with van der Waals surface area (Å²) in [4.78, 5) is 43.5. The Balaban J connectivity index is 1.45. The zero-order chi connectivity index (χ0) is 16.4. The molecule has 4 amide bonds. The molecule has 1 aromatic heterocycles. The van der Waals surface area contributed by atoms with Crippen LogP contribution in [0.3, 0.4) is 0 Å². The maximum atomic E-state index is 11.9. The second kappa shape index (κ2) is 6.66. The average molecular weight is 336 g/mol. The van der Waals surface area contributed by atoms with Crippen LogP contribution in [-0.2, 0) is 28.9 Å². The lowest BCUT2D eigenvalue weighted by atomic mass is 10.0. The van der Waals surface area contributed by atoms with Crippen molar-refractivity contribution in [1.29, 1.82) is 0 Å². The molecule has 1 fully saturated rings. The number of hydrogen-bond acceptors (Lipinski definition) is 5. The highest BCUT2D eigenvalue weighted by Crippen LogP contribution is 2.26. The molecule has 2 heterocycles. The summed E-state index contributed by atoms with van der Waals surface area (Å²) in [5, 5.41) is 3.80. The molecule has 1 aliphatic heterocycles. The van der Waals surface area contributed by atoms with Crippen molar-refractivity contribution in [3.63, 3.8) is 0 Å². The lowest BCUT2D eigenvalue weighted by Crippen LogP contribution is -2.41. The number of thiazole rings is 1. The summed E-state index contributed by atoms with van der Waals surface area (Å²) in [6.45, 7) is 0.296. The van der Waals surface area contributed by atoms with Crippen molar-refractivity contribution in [1.82, 2.24) is 20.1 Å². The zero-order valence-corrected chi connectivity index (χ0v) is 13.9. The fourth-order valence-electron chi connectivity index (χ4n) is 2.85. The van der Waals surface area contributed by atoms with Gasteiger partial charge in [0.15, 0.2) is 0 Å². The van der Waals surface area contributed by atoms with Gasteiger partial charge in [-0.15, -0.1) is 11.3 Å². The number of imide groups is 1. The van der Waals surface area contributed by atoms with Gasteiger partial charge >= 0.3 is 6.03 Å². The van der Waals surface area contributed by atoms with Gasteiger partial charge in [-0.3, -0.25) is 14.5 Å². The number of carbonyl (C=O) groups is 3. The van der Waals surface area contributed by atoms with Crippen LogP contribution in [0.5, 0.6) is 0 Å². The first kappa shape index (κ1) is 15.9. The molecule has 3 rings (SSSR count). The van der Waals surface area contributed by atoms with Crippen LogP contribution >= 0.6 is 11.3 Å². The predicted molar refractivity (Wildman–Crippen MR) is 85.2 cm³/mol. The summed E-state index contributed by atoms with van der Waals surface area (Å²) >= 11 is 1.73. The van der Waals surface area contributed by atoms with Gasteiger partial charge in [0.05, 0.1) is 10.7 Å². The zero-order valence-electron chi connectivity index (χ0n) is 13.1. The molecule has 2 aliphatic rings. The van der Waals surface area contributed by atoms with Gasteiger partial charge in [-0.25, -0.2) is 9.78 Å². The molecule has 0 radical (unpaired) electrons. The maximum absolute atomic E-state index is 11.9. The summed E-state index contributed by atoms with van der Waals surface area (Å²) < 4.78 is 0. The van der Waals surface area contributed by atoms with Crippen LogP contribution in [0.25, 0.3) is 0 Å². The highest BCUT2D eigenvalue weighted by atomic mass is 32.1. The number of fused-ring (bicyclic) bond motifs is 1. The lowest BCUT2D eigenvalue weighted by molar-refractivity contribution is -0.130. The molecule has 1 saturated heterocycles. The fourth-order valence-corrected chi connectivity index (χ4v) is 4.00. The Hall–Kier alpha value is -1.96. The minimum Gasteiger partial charge on any atom is -0.354 e. The van der Waals surface area contributed by atoms with Crippen molar-refractivity contribution >= 4 is 29.2 Å². The van der Waals surface area contributed by atoms with Gasteiger partial charge in [0.25, 0.3) is 5.91 Å². The van der Waals surface area contributed by atoms with Gasteiger partial charge in [-0.2, -0.15) is 0 Å². The largest absolute Gasteiger partial charge is 0.354 e. The molecule has 7 nitrogen and oxygen atoms in total. The molecule has 0 spiro atoms. The molecule has 124 valence electrons. The van der Waals surface area contributed by atoms with E-state index in [9.17, 15) is 14.4 Å². The molecule has 0 atom stereocenters. The quantitative estimate of drug-likeness (QED) is 0.797. The summed E-state index contributed by atoms with van der Waals surface area (Å²) in [6.07, 6.45) is 5.30. The van der Waals surface area contributed by atoms with Gasteiger partial charge in [0, 0.05) is 24.9 Å². The molecule has 0 aromatic carbocycles. The summed E-state index contributed by atoms with van der Waals surface area (Å²) in [6, 6.07) is -0.419. The molecule has 8 heteroatoms. The summed E-state index contributed by atoms with van der Waals surface area (Å²) in [5.74, 6) is -0.649. The molecule has 1 aliphatic carbocycles. The monoisotopic (exact) mass is 336 g/mol. The number of aryl methyl sites for hydroxylation is 2. The van der Waals surface area contributed by atoms with Gasteiger partial charge in [-0.1, -0.05) is 0 Å². The number of hydrogen-bond donors (Lipinski definition) is 1. The molecular formula is C15H20N4O3S. The van der Waals surface area contributed by atoms with E-state index in [4.69, 9.17) is 0 Å². The van der Waals surface area contributed by atoms with Crippen molar-refractivity contribution in [2.45, 2.75) is 32.1 Å². The predicted octanol–water partition coefficient (Wildman–Crippen LogP) is 0.575. The van der Waals surface area contributed by atoms with Crippen LogP contribution in [-0.4, -0.2) is 59.3 Å². The molecule has 0 bridgehead atoms. The van der Waals surface area contributed by atoms with E-state index in [1.165, 1.54) is 28.3 Å². The number of rotatable bonds is 5. The van der Waals surface area contributed by atoms with Crippen LogP contribution in [0.4, 0.5) is 4.79 Å². The minimum absolute atomic E-state index is 0.0385. The second-order valence-corrected chi connectivity index (χ2v) is 7.07. The smallest absolute Gasteiger partial charge is 0.327 e. The number of nitrogens with one attached hydrogen (secondary N) is 1. The topological polar surface area (TPSA) is 82.6 Å². The Labute approximate surface area is 138 Å². The van der Waals surface area contributed by atoms with Crippen molar-refractivity contribution in [2.75, 3.05) is 26.7 Å². The average Bonchev–Trinajstić information content (AvgIpc) is 3.03.